The number of aryl methyl sites for hydroxylation is 1. The third-order valence-electron chi connectivity index (χ3n) is 2.21. The molecule has 4 heteroatoms. The summed E-state index contributed by atoms with van der Waals surface area (Å²) in [5.41, 5.74) is 2.20. The molecule has 15 heavy (non-hydrogen) atoms. The third-order valence-corrected chi connectivity index (χ3v) is 3.07. The lowest BCUT2D eigenvalue weighted by molar-refractivity contribution is 0.573. The van der Waals surface area contributed by atoms with E-state index in [2.05, 4.69) is 36.2 Å². The molecule has 2 heterocycles. The number of aromatic nitrogens is 3. The van der Waals surface area contributed by atoms with Crippen molar-refractivity contribution in [3.63, 3.8) is 0 Å². The molecule has 2 rings (SSSR count). The Kier molecular flexibility index (Phi) is 2.38. The van der Waals surface area contributed by atoms with Gasteiger partial charge in [0.2, 0.25) is 0 Å². The third kappa shape index (κ3) is 2.09. The van der Waals surface area contributed by atoms with Crippen LogP contribution in [0.4, 0.5) is 0 Å². The highest BCUT2D eigenvalue weighted by Crippen LogP contribution is 2.28. The first-order valence-corrected chi connectivity index (χ1v) is 5.81. The molecule has 3 nitrogen and oxygen atoms in total. The molecule has 0 radical (unpaired) electrons. The summed E-state index contributed by atoms with van der Waals surface area (Å²) in [4.78, 5) is 4.61. The molecule has 0 saturated heterocycles. The molecule has 0 N–H and O–H groups in total. The molecule has 0 atom stereocenters. The second kappa shape index (κ2) is 3.45. The van der Waals surface area contributed by atoms with Crippen molar-refractivity contribution in [2.24, 2.45) is 7.05 Å². The van der Waals surface area contributed by atoms with Crippen LogP contribution in [0.2, 0.25) is 0 Å². The van der Waals surface area contributed by atoms with E-state index in [0.717, 1.165) is 16.4 Å². The number of hydrogen-bond acceptors (Lipinski definition) is 3. The van der Waals surface area contributed by atoms with Crippen molar-refractivity contribution >= 4 is 11.3 Å². The molecule has 0 amide bonds. The number of thiazole rings is 1. The van der Waals surface area contributed by atoms with Crippen LogP contribution in [0, 0.1) is 0 Å². The van der Waals surface area contributed by atoms with Crippen molar-refractivity contribution in [3.8, 4) is 10.7 Å². The second-order valence-corrected chi connectivity index (χ2v) is 5.52. The summed E-state index contributed by atoms with van der Waals surface area (Å²) in [6, 6.07) is 1.99. The Balaban J connectivity index is 2.36. The van der Waals surface area contributed by atoms with Gasteiger partial charge in [0.1, 0.15) is 10.7 Å². The zero-order valence-corrected chi connectivity index (χ0v) is 10.3. The summed E-state index contributed by atoms with van der Waals surface area (Å²) in [6.07, 6.45) is 1.94. The van der Waals surface area contributed by atoms with Gasteiger partial charge < -0.3 is 0 Å². The maximum absolute atomic E-state index is 4.61. The van der Waals surface area contributed by atoms with Gasteiger partial charge in [0, 0.05) is 24.0 Å². The van der Waals surface area contributed by atoms with Crippen LogP contribution in [0.5, 0.6) is 0 Å². The first-order valence-electron chi connectivity index (χ1n) is 4.93. The van der Waals surface area contributed by atoms with Gasteiger partial charge in [0.25, 0.3) is 0 Å². The van der Waals surface area contributed by atoms with E-state index in [9.17, 15) is 0 Å². The van der Waals surface area contributed by atoms with E-state index in [1.54, 1.807) is 16.0 Å². The molecule has 0 saturated carbocycles. The topological polar surface area (TPSA) is 30.7 Å². The SMILES string of the molecule is Cn1ccc(-c2nc(C(C)(C)C)cs2)n1. The molecule has 80 valence electrons. The predicted molar refractivity (Wildman–Crippen MR) is 63.0 cm³/mol. The maximum Gasteiger partial charge on any atom is 0.144 e. The summed E-state index contributed by atoms with van der Waals surface area (Å²) in [5, 5.41) is 7.46. The molecule has 0 aromatic carbocycles. The minimum atomic E-state index is 0.115. The highest BCUT2D eigenvalue weighted by atomic mass is 32.1. The van der Waals surface area contributed by atoms with Crippen molar-refractivity contribution in [2.75, 3.05) is 0 Å². The highest BCUT2D eigenvalue weighted by molar-refractivity contribution is 7.13. The molecule has 0 aliphatic carbocycles. The van der Waals surface area contributed by atoms with Crippen LogP contribution < -0.4 is 0 Å². The largest absolute Gasteiger partial charge is 0.275 e. The quantitative estimate of drug-likeness (QED) is 0.741. The van der Waals surface area contributed by atoms with E-state index in [-0.39, 0.29) is 5.41 Å². The van der Waals surface area contributed by atoms with E-state index in [1.807, 2.05) is 19.3 Å². The Labute approximate surface area is 93.8 Å². The normalized spacial score (nSPS) is 12.0. The lowest BCUT2D eigenvalue weighted by Gasteiger charge is -2.13. The summed E-state index contributed by atoms with van der Waals surface area (Å²) in [6.45, 7) is 6.51. The Morgan fingerprint density at radius 1 is 1.33 bits per heavy atom. The monoisotopic (exact) mass is 221 g/mol. The molecule has 0 unspecified atom stereocenters. The molecule has 0 aliphatic rings. The van der Waals surface area contributed by atoms with Gasteiger partial charge in [0.15, 0.2) is 0 Å². The average Bonchev–Trinajstić information content (AvgIpc) is 2.69. The first kappa shape index (κ1) is 10.4. The van der Waals surface area contributed by atoms with Gasteiger partial charge in [-0.25, -0.2) is 4.98 Å². The first-order chi connectivity index (χ1) is 6.97. The van der Waals surface area contributed by atoms with E-state index in [1.165, 1.54) is 0 Å². The predicted octanol–water partition coefficient (Wildman–Crippen LogP) is 2.84. The number of hydrogen-bond donors (Lipinski definition) is 0. The average molecular weight is 221 g/mol. The van der Waals surface area contributed by atoms with Crippen molar-refractivity contribution < 1.29 is 0 Å². The number of nitrogens with zero attached hydrogens (tertiary/aromatic N) is 3. The Hall–Kier alpha value is -1.16. The fourth-order valence-corrected chi connectivity index (χ4v) is 2.28. The minimum Gasteiger partial charge on any atom is -0.275 e. The molecular formula is C11H15N3S. The standard InChI is InChI=1S/C11H15N3S/c1-11(2,3)9-7-15-10(12-9)8-5-6-14(4)13-8/h5-7H,1-4H3. The molecule has 2 aromatic heterocycles. The summed E-state index contributed by atoms with van der Waals surface area (Å²) < 4.78 is 1.80. The summed E-state index contributed by atoms with van der Waals surface area (Å²) in [5.74, 6) is 0. The van der Waals surface area contributed by atoms with Gasteiger partial charge in [-0.2, -0.15) is 5.10 Å². The molecule has 2 aromatic rings. The van der Waals surface area contributed by atoms with Crippen molar-refractivity contribution in [2.45, 2.75) is 26.2 Å². The molecule has 0 aliphatic heterocycles. The van der Waals surface area contributed by atoms with E-state index in [4.69, 9.17) is 0 Å². The lowest BCUT2D eigenvalue weighted by atomic mass is 9.93. The van der Waals surface area contributed by atoms with Gasteiger partial charge >= 0.3 is 0 Å². The Bertz CT molecular complexity index is 462. The molecule has 0 spiro atoms. The lowest BCUT2D eigenvalue weighted by Crippen LogP contribution is -2.11. The van der Waals surface area contributed by atoms with Crippen molar-refractivity contribution in [3.05, 3.63) is 23.3 Å². The summed E-state index contributed by atoms with van der Waals surface area (Å²) >= 11 is 1.66. The van der Waals surface area contributed by atoms with Gasteiger partial charge in [-0.3, -0.25) is 4.68 Å². The van der Waals surface area contributed by atoms with Crippen LogP contribution >= 0.6 is 11.3 Å². The molecular weight excluding hydrogens is 206 g/mol. The van der Waals surface area contributed by atoms with Crippen molar-refractivity contribution in [1.82, 2.24) is 14.8 Å². The zero-order chi connectivity index (χ0) is 11.1. The van der Waals surface area contributed by atoms with Crippen LogP contribution in [0.3, 0.4) is 0 Å². The van der Waals surface area contributed by atoms with Crippen LogP contribution in [0.1, 0.15) is 26.5 Å². The minimum absolute atomic E-state index is 0.115. The Morgan fingerprint density at radius 2 is 2.07 bits per heavy atom. The Morgan fingerprint density at radius 3 is 2.53 bits per heavy atom. The van der Waals surface area contributed by atoms with Gasteiger partial charge in [-0.05, 0) is 6.07 Å². The van der Waals surface area contributed by atoms with Crippen LogP contribution in [0.15, 0.2) is 17.6 Å². The molecule has 0 fully saturated rings. The summed E-state index contributed by atoms with van der Waals surface area (Å²) in [7, 11) is 1.92. The van der Waals surface area contributed by atoms with E-state index >= 15 is 0 Å². The van der Waals surface area contributed by atoms with Gasteiger partial charge in [-0.1, -0.05) is 20.8 Å². The van der Waals surface area contributed by atoms with E-state index in [0.29, 0.717) is 0 Å². The maximum atomic E-state index is 4.61. The number of rotatable bonds is 1. The zero-order valence-electron chi connectivity index (χ0n) is 9.48. The molecule has 0 bridgehead atoms. The van der Waals surface area contributed by atoms with Crippen LogP contribution in [-0.2, 0) is 12.5 Å². The van der Waals surface area contributed by atoms with Gasteiger partial charge in [-0.15, -0.1) is 11.3 Å². The smallest absolute Gasteiger partial charge is 0.144 e. The van der Waals surface area contributed by atoms with E-state index < -0.39 is 0 Å². The fraction of sp³-hybridized carbons (Fsp3) is 0.455. The van der Waals surface area contributed by atoms with Crippen LogP contribution in [-0.4, -0.2) is 14.8 Å². The fourth-order valence-electron chi connectivity index (χ4n) is 1.26. The van der Waals surface area contributed by atoms with Crippen LogP contribution in [0.25, 0.3) is 10.7 Å². The van der Waals surface area contributed by atoms with Crippen molar-refractivity contribution in [1.29, 1.82) is 0 Å². The van der Waals surface area contributed by atoms with Gasteiger partial charge in [0.05, 0.1) is 5.69 Å². The second-order valence-electron chi connectivity index (χ2n) is 4.66. The highest BCUT2D eigenvalue weighted by Gasteiger charge is 2.18.